The summed E-state index contributed by atoms with van der Waals surface area (Å²) < 4.78 is 0. The van der Waals surface area contributed by atoms with Gasteiger partial charge in [-0.05, 0) is 31.0 Å². The first-order chi connectivity index (χ1) is 9.79. The maximum atomic E-state index is 8.80. The van der Waals surface area contributed by atoms with Crippen molar-refractivity contribution >= 4 is 5.69 Å². The van der Waals surface area contributed by atoms with Gasteiger partial charge in [0.15, 0.2) is 0 Å². The van der Waals surface area contributed by atoms with Crippen LogP contribution in [0.3, 0.4) is 0 Å². The SMILES string of the molecule is Cc1ccc(CCN(CCC#N)c2ccccc2)cc1. The Hall–Kier alpha value is -2.27. The highest BCUT2D eigenvalue weighted by Gasteiger charge is 2.05. The molecule has 0 fully saturated rings. The molecule has 0 aromatic heterocycles. The average Bonchev–Trinajstić information content (AvgIpc) is 2.50. The fourth-order valence-corrected chi connectivity index (χ4v) is 2.21. The summed E-state index contributed by atoms with van der Waals surface area (Å²) in [5, 5.41) is 8.80. The molecule has 0 aliphatic rings. The molecule has 0 saturated carbocycles. The van der Waals surface area contributed by atoms with Crippen molar-refractivity contribution in [1.82, 2.24) is 0 Å². The lowest BCUT2D eigenvalue weighted by atomic mass is 10.1. The number of benzene rings is 2. The van der Waals surface area contributed by atoms with Crippen LogP contribution < -0.4 is 4.90 Å². The number of nitrogens with zero attached hydrogens (tertiary/aromatic N) is 2. The summed E-state index contributed by atoms with van der Waals surface area (Å²) in [5.74, 6) is 0. The smallest absolute Gasteiger partial charge is 0.0640 e. The van der Waals surface area contributed by atoms with Crippen molar-refractivity contribution in [1.29, 1.82) is 5.26 Å². The molecule has 0 atom stereocenters. The van der Waals surface area contributed by atoms with E-state index in [-0.39, 0.29) is 0 Å². The van der Waals surface area contributed by atoms with Crippen LogP contribution >= 0.6 is 0 Å². The van der Waals surface area contributed by atoms with Gasteiger partial charge in [0.1, 0.15) is 0 Å². The monoisotopic (exact) mass is 264 g/mol. The molecule has 2 rings (SSSR count). The number of hydrogen-bond donors (Lipinski definition) is 0. The number of nitriles is 1. The molecular formula is C18H20N2. The maximum absolute atomic E-state index is 8.80. The molecule has 0 heterocycles. The van der Waals surface area contributed by atoms with Crippen molar-refractivity contribution in [2.24, 2.45) is 0 Å². The molecule has 102 valence electrons. The summed E-state index contributed by atoms with van der Waals surface area (Å²) in [4.78, 5) is 2.28. The van der Waals surface area contributed by atoms with Gasteiger partial charge in [-0.3, -0.25) is 0 Å². The average molecular weight is 264 g/mol. The Morgan fingerprint density at radius 2 is 1.65 bits per heavy atom. The zero-order valence-electron chi connectivity index (χ0n) is 11.9. The lowest BCUT2D eigenvalue weighted by Gasteiger charge is -2.23. The number of anilines is 1. The molecule has 0 unspecified atom stereocenters. The van der Waals surface area contributed by atoms with Crippen molar-refractivity contribution in [3.8, 4) is 6.07 Å². The van der Waals surface area contributed by atoms with Gasteiger partial charge in [-0.1, -0.05) is 48.0 Å². The standard InChI is InChI=1S/C18H20N2/c1-16-8-10-17(11-9-16)12-15-20(14-5-13-19)18-6-3-2-4-7-18/h2-4,6-11H,5,12,14-15H2,1H3. The van der Waals surface area contributed by atoms with E-state index in [1.165, 1.54) is 16.8 Å². The van der Waals surface area contributed by atoms with Crippen LogP contribution in [0.5, 0.6) is 0 Å². The minimum absolute atomic E-state index is 0.558. The molecule has 0 aliphatic carbocycles. The molecule has 0 saturated heterocycles. The Labute approximate surface area is 121 Å². The van der Waals surface area contributed by atoms with Gasteiger partial charge in [0.2, 0.25) is 0 Å². The Balaban J connectivity index is 2.01. The van der Waals surface area contributed by atoms with Crippen LogP contribution in [-0.2, 0) is 6.42 Å². The molecule has 0 spiro atoms. The second-order valence-electron chi connectivity index (χ2n) is 4.97. The van der Waals surface area contributed by atoms with Crippen molar-refractivity contribution in [2.45, 2.75) is 19.8 Å². The molecule has 2 heteroatoms. The zero-order valence-corrected chi connectivity index (χ0v) is 11.9. The highest BCUT2D eigenvalue weighted by molar-refractivity contribution is 5.46. The highest BCUT2D eigenvalue weighted by atomic mass is 15.1. The van der Waals surface area contributed by atoms with Gasteiger partial charge in [0.05, 0.1) is 12.5 Å². The van der Waals surface area contributed by atoms with E-state index in [4.69, 9.17) is 5.26 Å². The van der Waals surface area contributed by atoms with Gasteiger partial charge in [0, 0.05) is 18.8 Å². The van der Waals surface area contributed by atoms with E-state index in [9.17, 15) is 0 Å². The van der Waals surface area contributed by atoms with Crippen LogP contribution in [0.25, 0.3) is 0 Å². The first-order valence-electron chi connectivity index (χ1n) is 7.02. The van der Waals surface area contributed by atoms with Gasteiger partial charge in [-0.2, -0.15) is 5.26 Å². The largest absolute Gasteiger partial charge is 0.370 e. The van der Waals surface area contributed by atoms with Gasteiger partial charge < -0.3 is 4.90 Å². The zero-order chi connectivity index (χ0) is 14.2. The molecule has 0 amide bonds. The fraction of sp³-hybridized carbons (Fsp3) is 0.278. The summed E-state index contributed by atoms with van der Waals surface area (Å²) in [6, 6.07) is 21.2. The lowest BCUT2D eigenvalue weighted by molar-refractivity contribution is 0.782. The van der Waals surface area contributed by atoms with Crippen LogP contribution in [-0.4, -0.2) is 13.1 Å². The number of para-hydroxylation sites is 1. The van der Waals surface area contributed by atoms with E-state index in [2.05, 4.69) is 54.3 Å². The Kier molecular flexibility index (Phi) is 5.20. The normalized spacial score (nSPS) is 10.0. The van der Waals surface area contributed by atoms with Crippen LogP contribution in [0.15, 0.2) is 54.6 Å². The van der Waals surface area contributed by atoms with Crippen molar-refractivity contribution in [3.63, 3.8) is 0 Å². The highest BCUT2D eigenvalue weighted by Crippen LogP contribution is 2.15. The third-order valence-electron chi connectivity index (χ3n) is 3.41. The summed E-state index contributed by atoms with van der Waals surface area (Å²) in [6.45, 7) is 3.83. The first kappa shape index (κ1) is 14.1. The molecule has 0 aliphatic heterocycles. The third-order valence-corrected chi connectivity index (χ3v) is 3.41. The Morgan fingerprint density at radius 1 is 0.950 bits per heavy atom. The summed E-state index contributed by atoms with van der Waals surface area (Å²) in [5.41, 5.74) is 3.82. The summed E-state index contributed by atoms with van der Waals surface area (Å²) in [7, 11) is 0. The van der Waals surface area contributed by atoms with Gasteiger partial charge in [-0.25, -0.2) is 0 Å². The molecular weight excluding hydrogens is 244 g/mol. The lowest BCUT2D eigenvalue weighted by Crippen LogP contribution is -2.26. The summed E-state index contributed by atoms with van der Waals surface area (Å²) >= 11 is 0. The second-order valence-corrected chi connectivity index (χ2v) is 4.97. The third kappa shape index (κ3) is 4.13. The van der Waals surface area contributed by atoms with Crippen LogP contribution in [0.4, 0.5) is 5.69 Å². The van der Waals surface area contributed by atoms with Crippen LogP contribution in [0, 0.1) is 18.3 Å². The van der Waals surface area contributed by atoms with Gasteiger partial charge in [-0.15, -0.1) is 0 Å². The summed E-state index contributed by atoms with van der Waals surface area (Å²) in [6.07, 6.45) is 1.56. The first-order valence-corrected chi connectivity index (χ1v) is 7.02. The van der Waals surface area contributed by atoms with Gasteiger partial charge >= 0.3 is 0 Å². The molecule has 2 aromatic carbocycles. The molecule has 0 bridgehead atoms. The predicted octanol–water partition coefficient (Wildman–Crippen LogP) is 3.96. The van der Waals surface area contributed by atoms with Crippen molar-refractivity contribution < 1.29 is 0 Å². The number of rotatable bonds is 6. The van der Waals surface area contributed by atoms with E-state index < -0.39 is 0 Å². The minimum Gasteiger partial charge on any atom is -0.370 e. The van der Waals surface area contributed by atoms with E-state index in [0.717, 1.165) is 19.5 Å². The minimum atomic E-state index is 0.558. The maximum Gasteiger partial charge on any atom is 0.0640 e. The molecule has 0 radical (unpaired) electrons. The van der Waals surface area contributed by atoms with Crippen molar-refractivity contribution in [2.75, 3.05) is 18.0 Å². The van der Waals surface area contributed by atoms with Crippen LogP contribution in [0.1, 0.15) is 17.5 Å². The number of hydrogen-bond acceptors (Lipinski definition) is 2. The van der Waals surface area contributed by atoms with Crippen LogP contribution in [0.2, 0.25) is 0 Å². The fourth-order valence-electron chi connectivity index (χ4n) is 2.21. The quantitative estimate of drug-likeness (QED) is 0.789. The second kappa shape index (κ2) is 7.35. The Morgan fingerprint density at radius 3 is 2.30 bits per heavy atom. The van der Waals surface area contributed by atoms with Crippen molar-refractivity contribution in [3.05, 3.63) is 65.7 Å². The number of aryl methyl sites for hydroxylation is 1. The molecule has 20 heavy (non-hydrogen) atoms. The van der Waals surface area contributed by atoms with E-state index in [1.54, 1.807) is 0 Å². The Bertz CT molecular complexity index is 552. The van der Waals surface area contributed by atoms with E-state index in [0.29, 0.717) is 6.42 Å². The van der Waals surface area contributed by atoms with E-state index >= 15 is 0 Å². The predicted molar refractivity (Wildman–Crippen MR) is 83.8 cm³/mol. The molecule has 2 aromatic rings. The molecule has 0 N–H and O–H groups in total. The topological polar surface area (TPSA) is 27.0 Å². The van der Waals surface area contributed by atoms with E-state index in [1.807, 2.05) is 18.2 Å². The van der Waals surface area contributed by atoms with Gasteiger partial charge in [0.25, 0.3) is 0 Å². The molecule has 2 nitrogen and oxygen atoms in total.